The fourth-order valence-corrected chi connectivity index (χ4v) is 4.55. The Morgan fingerprint density at radius 3 is 2.85 bits per heavy atom. The molecule has 1 atom stereocenters. The van der Waals surface area contributed by atoms with Crippen LogP contribution in [0.1, 0.15) is 24.3 Å². The van der Waals surface area contributed by atoms with E-state index in [1.807, 2.05) is 5.38 Å². The van der Waals surface area contributed by atoms with Crippen molar-refractivity contribution < 1.29 is 14.3 Å². The van der Waals surface area contributed by atoms with E-state index in [-0.39, 0.29) is 12.6 Å². The molecule has 7 heteroatoms. The molecule has 1 N–H and O–H groups in total. The predicted molar refractivity (Wildman–Crippen MR) is 78.6 cm³/mol. The average molecular weight is 361 g/mol. The van der Waals surface area contributed by atoms with Crippen LogP contribution in [0, 0.1) is 5.41 Å². The molecule has 1 aliphatic heterocycles. The van der Waals surface area contributed by atoms with Crippen molar-refractivity contribution in [3.63, 3.8) is 0 Å². The van der Waals surface area contributed by atoms with Gasteiger partial charge in [0.1, 0.15) is 21.8 Å². The van der Waals surface area contributed by atoms with Gasteiger partial charge in [0.25, 0.3) is 0 Å². The Labute approximate surface area is 130 Å². The van der Waals surface area contributed by atoms with Crippen molar-refractivity contribution in [1.82, 2.24) is 10.3 Å². The zero-order valence-electron chi connectivity index (χ0n) is 11.3. The van der Waals surface area contributed by atoms with Gasteiger partial charge < -0.3 is 14.8 Å². The summed E-state index contributed by atoms with van der Waals surface area (Å²) in [5.41, 5.74) is -0.124. The molecular weight excluding hydrogens is 344 g/mol. The van der Waals surface area contributed by atoms with Crippen LogP contribution in [0.15, 0.2) is 9.98 Å². The van der Waals surface area contributed by atoms with E-state index < -0.39 is 5.60 Å². The summed E-state index contributed by atoms with van der Waals surface area (Å²) in [4.78, 5) is 15.9. The monoisotopic (exact) mass is 360 g/mol. The Morgan fingerprint density at radius 1 is 1.55 bits per heavy atom. The number of aromatic nitrogens is 1. The standard InChI is InChI=1S/C13H17BrN2O3S/c1-18-10(17)4-19-13(11-16-9(14)5-20-11)3-2-12(6-13)7-15-8-12/h5,15H,2-4,6-8H2,1H3. The van der Waals surface area contributed by atoms with E-state index in [0.29, 0.717) is 5.41 Å². The number of carbonyl (C=O) groups is 1. The summed E-state index contributed by atoms with van der Waals surface area (Å²) in [5.74, 6) is -0.340. The maximum absolute atomic E-state index is 11.4. The second-order valence-corrected chi connectivity index (χ2v) is 7.29. The number of nitrogens with one attached hydrogen (secondary N) is 1. The first-order valence-electron chi connectivity index (χ1n) is 6.61. The molecule has 0 bridgehead atoms. The summed E-state index contributed by atoms with van der Waals surface area (Å²) in [6.45, 7) is 2.04. The van der Waals surface area contributed by atoms with Crippen LogP contribution in [0.2, 0.25) is 0 Å². The Hall–Kier alpha value is -0.500. The zero-order valence-corrected chi connectivity index (χ0v) is 13.7. The minimum absolute atomic E-state index is 0.0167. The van der Waals surface area contributed by atoms with Gasteiger partial charge in [-0.25, -0.2) is 9.78 Å². The molecule has 1 aromatic heterocycles. The first-order valence-corrected chi connectivity index (χ1v) is 8.28. The number of hydrogen-bond acceptors (Lipinski definition) is 6. The molecule has 5 nitrogen and oxygen atoms in total. The van der Waals surface area contributed by atoms with Crippen molar-refractivity contribution in [2.24, 2.45) is 5.41 Å². The molecule has 2 fully saturated rings. The van der Waals surface area contributed by atoms with E-state index >= 15 is 0 Å². The van der Waals surface area contributed by atoms with Crippen molar-refractivity contribution in [1.29, 1.82) is 0 Å². The number of thiazole rings is 1. The van der Waals surface area contributed by atoms with Crippen LogP contribution >= 0.6 is 27.3 Å². The van der Waals surface area contributed by atoms with Gasteiger partial charge in [-0.05, 0) is 40.6 Å². The Morgan fingerprint density at radius 2 is 2.35 bits per heavy atom. The van der Waals surface area contributed by atoms with Crippen LogP contribution in [0.25, 0.3) is 0 Å². The first-order chi connectivity index (χ1) is 9.57. The molecule has 1 unspecified atom stereocenters. The number of esters is 1. The third-order valence-corrected chi connectivity index (χ3v) is 6.02. The first kappa shape index (κ1) is 14.4. The second-order valence-electron chi connectivity index (χ2n) is 5.61. The largest absolute Gasteiger partial charge is 0.467 e. The van der Waals surface area contributed by atoms with Gasteiger partial charge in [0.15, 0.2) is 0 Å². The van der Waals surface area contributed by atoms with Gasteiger partial charge >= 0.3 is 5.97 Å². The van der Waals surface area contributed by atoms with E-state index in [0.717, 1.165) is 42.0 Å². The van der Waals surface area contributed by atoms with Crippen molar-refractivity contribution in [3.8, 4) is 0 Å². The third-order valence-electron chi connectivity index (χ3n) is 4.28. The molecular formula is C13H17BrN2O3S. The van der Waals surface area contributed by atoms with Crippen molar-refractivity contribution in [2.75, 3.05) is 26.8 Å². The SMILES string of the molecule is COC(=O)COC1(c2nc(Br)cs2)CCC2(CNC2)C1. The number of ether oxygens (including phenoxy) is 2. The van der Waals surface area contributed by atoms with Crippen LogP contribution < -0.4 is 5.32 Å². The number of hydrogen-bond donors (Lipinski definition) is 1. The molecule has 3 rings (SSSR count). The topological polar surface area (TPSA) is 60.5 Å². The number of halogens is 1. The molecule has 0 radical (unpaired) electrons. The molecule has 1 saturated heterocycles. The molecule has 2 aliphatic rings. The summed E-state index contributed by atoms with van der Waals surface area (Å²) in [6, 6.07) is 0. The molecule has 110 valence electrons. The van der Waals surface area contributed by atoms with E-state index in [9.17, 15) is 4.79 Å². The van der Waals surface area contributed by atoms with Gasteiger partial charge in [0.05, 0.1) is 7.11 Å². The highest BCUT2D eigenvalue weighted by atomic mass is 79.9. The Balaban J connectivity index is 1.82. The molecule has 0 aromatic carbocycles. The molecule has 1 aromatic rings. The Bertz CT molecular complexity index is 517. The minimum Gasteiger partial charge on any atom is -0.467 e. The predicted octanol–water partition coefficient (Wildman–Crippen LogP) is 2.06. The van der Waals surface area contributed by atoms with Gasteiger partial charge in [-0.2, -0.15) is 0 Å². The van der Waals surface area contributed by atoms with E-state index in [4.69, 9.17) is 4.74 Å². The zero-order chi connectivity index (χ0) is 14.2. The van der Waals surface area contributed by atoms with Crippen LogP contribution in [-0.2, 0) is 19.9 Å². The maximum atomic E-state index is 11.4. The lowest BCUT2D eigenvalue weighted by atomic mass is 9.79. The quantitative estimate of drug-likeness (QED) is 0.832. The second kappa shape index (κ2) is 5.36. The van der Waals surface area contributed by atoms with Crippen molar-refractivity contribution in [3.05, 3.63) is 15.0 Å². The highest BCUT2D eigenvalue weighted by Gasteiger charge is 2.54. The fourth-order valence-electron chi connectivity index (χ4n) is 3.12. The number of rotatable bonds is 4. The van der Waals surface area contributed by atoms with Crippen molar-refractivity contribution >= 4 is 33.2 Å². The van der Waals surface area contributed by atoms with Crippen LogP contribution in [-0.4, -0.2) is 37.8 Å². The molecule has 1 saturated carbocycles. The highest BCUT2D eigenvalue weighted by molar-refractivity contribution is 9.10. The summed E-state index contributed by atoms with van der Waals surface area (Å²) in [7, 11) is 1.38. The summed E-state index contributed by atoms with van der Waals surface area (Å²) < 4.78 is 11.5. The number of nitrogens with zero attached hydrogens (tertiary/aromatic N) is 1. The van der Waals surface area contributed by atoms with E-state index in [1.54, 1.807) is 11.3 Å². The lowest BCUT2D eigenvalue weighted by molar-refractivity contribution is -0.154. The molecule has 1 aliphatic carbocycles. The van der Waals surface area contributed by atoms with E-state index in [1.165, 1.54) is 7.11 Å². The molecule has 20 heavy (non-hydrogen) atoms. The normalized spacial score (nSPS) is 27.5. The smallest absolute Gasteiger partial charge is 0.331 e. The Kier molecular flexibility index (Phi) is 3.87. The fraction of sp³-hybridized carbons (Fsp3) is 0.692. The maximum Gasteiger partial charge on any atom is 0.331 e. The van der Waals surface area contributed by atoms with Gasteiger partial charge in [-0.15, -0.1) is 11.3 Å². The van der Waals surface area contributed by atoms with Crippen LogP contribution in [0.3, 0.4) is 0 Å². The van der Waals surface area contributed by atoms with Gasteiger partial charge in [0.2, 0.25) is 0 Å². The number of methoxy groups -OCH3 is 1. The van der Waals surface area contributed by atoms with Crippen molar-refractivity contribution in [2.45, 2.75) is 24.9 Å². The third kappa shape index (κ3) is 2.52. The summed E-state index contributed by atoms with van der Waals surface area (Å²) in [6.07, 6.45) is 2.94. The average Bonchev–Trinajstić information content (AvgIpc) is 3.00. The lowest BCUT2D eigenvalue weighted by Crippen LogP contribution is -2.52. The number of carbonyl (C=O) groups excluding carboxylic acids is 1. The van der Waals surface area contributed by atoms with Gasteiger partial charge in [-0.3, -0.25) is 0 Å². The van der Waals surface area contributed by atoms with Gasteiger partial charge in [0, 0.05) is 18.5 Å². The lowest BCUT2D eigenvalue weighted by Gasteiger charge is -2.40. The van der Waals surface area contributed by atoms with E-state index in [2.05, 4.69) is 31.0 Å². The molecule has 0 amide bonds. The minimum atomic E-state index is -0.438. The highest BCUT2D eigenvalue weighted by Crippen LogP contribution is 2.54. The van der Waals surface area contributed by atoms with Gasteiger partial charge in [-0.1, -0.05) is 0 Å². The molecule has 2 heterocycles. The summed E-state index contributed by atoms with van der Waals surface area (Å²) >= 11 is 4.98. The van der Waals surface area contributed by atoms with Crippen LogP contribution in [0.5, 0.6) is 0 Å². The summed E-state index contributed by atoms with van der Waals surface area (Å²) in [5, 5.41) is 6.26. The van der Waals surface area contributed by atoms with Crippen LogP contribution in [0.4, 0.5) is 0 Å². The molecule has 1 spiro atoms.